The van der Waals surface area contributed by atoms with E-state index in [0.717, 1.165) is 19.3 Å². The van der Waals surface area contributed by atoms with Crippen molar-refractivity contribution in [1.29, 1.82) is 0 Å². The van der Waals surface area contributed by atoms with Gasteiger partial charge in [-0.25, -0.2) is 8.42 Å². The van der Waals surface area contributed by atoms with Crippen LogP contribution in [0.15, 0.2) is 45.9 Å². The van der Waals surface area contributed by atoms with Crippen molar-refractivity contribution in [2.45, 2.75) is 37.1 Å². The Morgan fingerprint density at radius 2 is 2.00 bits per heavy atom. The molecule has 32 heavy (non-hydrogen) atoms. The first-order chi connectivity index (χ1) is 15.4. The molecule has 2 aliphatic rings. The third kappa shape index (κ3) is 4.66. The maximum Gasteiger partial charge on any atom is 0.246 e. The van der Waals surface area contributed by atoms with Gasteiger partial charge in [0, 0.05) is 31.7 Å². The van der Waals surface area contributed by atoms with Gasteiger partial charge >= 0.3 is 0 Å². The minimum atomic E-state index is -3.74. The van der Waals surface area contributed by atoms with Gasteiger partial charge in [-0.15, -0.1) is 0 Å². The van der Waals surface area contributed by atoms with Gasteiger partial charge < -0.3 is 19.4 Å². The van der Waals surface area contributed by atoms with Crippen molar-refractivity contribution in [2.24, 2.45) is 5.92 Å². The SMILES string of the molecule is COc1ccc(NC(=O)C2CC(=O)N(Cc3ccco3)C2)cc1S(=O)(=O)N1CCCCC1. The minimum Gasteiger partial charge on any atom is -0.495 e. The lowest BCUT2D eigenvalue weighted by molar-refractivity contribution is -0.128. The molecule has 4 rings (SSSR count). The largest absolute Gasteiger partial charge is 0.495 e. The monoisotopic (exact) mass is 461 g/mol. The van der Waals surface area contributed by atoms with Crippen LogP contribution in [0.1, 0.15) is 31.4 Å². The van der Waals surface area contributed by atoms with Crippen molar-refractivity contribution in [3.63, 3.8) is 0 Å². The Hall–Kier alpha value is -2.85. The fourth-order valence-corrected chi connectivity index (χ4v) is 5.83. The zero-order valence-electron chi connectivity index (χ0n) is 18.0. The molecule has 2 amide bonds. The summed E-state index contributed by atoms with van der Waals surface area (Å²) in [6.45, 7) is 1.53. The molecule has 10 heteroatoms. The molecule has 0 bridgehead atoms. The summed E-state index contributed by atoms with van der Waals surface area (Å²) in [6, 6.07) is 8.10. The van der Waals surface area contributed by atoms with Crippen LogP contribution in [-0.4, -0.2) is 56.2 Å². The molecule has 2 aliphatic heterocycles. The quantitative estimate of drug-likeness (QED) is 0.678. The lowest BCUT2D eigenvalue weighted by Crippen LogP contribution is -2.35. The average molecular weight is 462 g/mol. The van der Waals surface area contributed by atoms with Crippen LogP contribution in [0.25, 0.3) is 0 Å². The Morgan fingerprint density at radius 3 is 2.69 bits per heavy atom. The van der Waals surface area contributed by atoms with E-state index in [1.165, 1.54) is 23.5 Å². The van der Waals surface area contributed by atoms with Gasteiger partial charge in [-0.3, -0.25) is 9.59 Å². The number of rotatable bonds is 7. The number of likely N-dealkylation sites (tertiary alicyclic amines) is 1. The van der Waals surface area contributed by atoms with E-state index in [4.69, 9.17) is 9.15 Å². The number of methoxy groups -OCH3 is 1. The standard InChI is InChI=1S/C22H27N3O6S/c1-30-19-8-7-17(13-20(19)32(28,29)25-9-3-2-4-10-25)23-22(27)16-12-21(26)24(14-16)15-18-6-5-11-31-18/h5-8,11,13,16H,2-4,9-10,12,14-15H2,1H3,(H,23,27). The summed E-state index contributed by atoms with van der Waals surface area (Å²) < 4.78 is 38.4. The van der Waals surface area contributed by atoms with E-state index in [1.807, 2.05) is 0 Å². The Balaban J connectivity index is 1.48. The molecular formula is C22H27N3O6S. The number of furan rings is 1. The van der Waals surface area contributed by atoms with Gasteiger partial charge in [0.15, 0.2) is 0 Å². The van der Waals surface area contributed by atoms with Crippen molar-refractivity contribution in [3.8, 4) is 5.75 Å². The summed E-state index contributed by atoms with van der Waals surface area (Å²) >= 11 is 0. The van der Waals surface area contributed by atoms with Crippen molar-refractivity contribution >= 4 is 27.5 Å². The zero-order valence-corrected chi connectivity index (χ0v) is 18.8. The number of carbonyl (C=O) groups excluding carboxylic acids is 2. The molecule has 172 valence electrons. The third-order valence-corrected chi connectivity index (χ3v) is 7.80. The number of carbonyl (C=O) groups is 2. The zero-order chi connectivity index (χ0) is 22.7. The minimum absolute atomic E-state index is 0.0293. The topological polar surface area (TPSA) is 109 Å². The van der Waals surface area contributed by atoms with E-state index in [0.29, 0.717) is 31.1 Å². The number of benzene rings is 1. The van der Waals surface area contributed by atoms with Gasteiger partial charge in [-0.1, -0.05) is 6.42 Å². The second-order valence-electron chi connectivity index (χ2n) is 8.07. The van der Waals surface area contributed by atoms with Crippen LogP contribution in [0, 0.1) is 5.92 Å². The number of nitrogens with zero attached hydrogens (tertiary/aromatic N) is 2. The van der Waals surface area contributed by atoms with Crippen LogP contribution in [0.3, 0.4) is 0 Å². The summed E-state index contributed by atoms with van der Waals surface area (Å²) in [7, 11) is -2.33. The molecule has 1 atom stereocenters. The summed E-state index contributed by atoms with van der Waals surface area (Å²) in [5, 5.41) is 2.77. The second kappa shape index (κ2) is 9.33. The van der Waals surface area contributed by atoms with Gasteiger partial charge in [-0.2, -0.15) is 4.31 Å². The van der Waals surface area contributed by atoms with E-state index in [2.05, 4.69) is 5.32 Å². The molecule has 1 N–H and O–H groups in total. The maximum atomic E-state index is 13.2. The van der Waals surface area contributed by atoms with Gasteiger partial charge in [-0.05, 0) is 43.2 Å². The first-order valence-corrected chi connectivity index (χ1v) is 12.1. The molecule has 0 aliphatic carbocycles. The molecule has 9 nitrogen and oxygen atoms in total. The number of nitrogens with one attached hydrogen (secondary N) is 1. The highest BCUT2D eigenvalue weighted by Gasteiger charge is 2.35. The number of piperidine rings is 1. The third-order valence-electron chi connectivity index (χ3n) is 5.88. The number of hydrogen-bond donors (Lipinski definition) is 1. The summed E-state index contributed by atoms with van der Waals surface area (Å²) in [6.07, 6.45) is 4.29. The van der Waals surface area contributed by atoms with Gasteiger partial charge in [0.1, 0.15) is 16.4 Å². The predicted molar refractivity (Wildman–Crippen MR) is 116 cm³/mol. The van der Waals surface area contributed by atoms with E-state index in [-0.39, 0.29) is 35.4 Å². The lowest BCUT2D eigenvalue weighted by atomic mass is 10.1. The lowest BCUT2D eigenvalue weighted by Gasteiger charge is -2.26. The molecule has 0 saturated carbocycles. The molecule has 1 aromatic carbocycles. The second-order valence-corrected chi connectivity index (χ2v) is 9.98. The fraction of sp³-hybridized carbons (Fsp3) is 0.455. The highest BCUT2D eigenvalue weighted by atomic mass is 32.2. The highest BCUT2D eigenvalue weighted by molar-refractivity contribution is 7.89. The molecule has 1 aromatic heterocycles. The first-order valence-electron chi connectivity index (χ1n) is 10.7. The van der Waals surface area contributed by atoms with E-state index < -0.39 is 15.9 Å². The molecule has 2 fully saturated rings. The van der Waals surface area contributed by atoms with Crippen molar-refractivity contribution in [2.75, 3.05) is 32.1 Å². The van der Waals surface area contributed by atoms with Crippen molar-refractivity contribution < 1.29 is 27.2 Å². The summed E-state index contributed by atoms with van der Waals surface area (Å²) in [5.41, 5.74) is 0.350. The molecule has 2 aromatic rings. The normalized spacial score (nSPS) is 19.8. The Morgan fingerprint density at radius 1 is 1.22 bits per heavy atom. The van der Waals surface area contributed by atoms with E-state index >= 15 is 0 Å². The summed E-state index contributed by atoms with van der Waals surface area (Å²) in [4.78, 5) is 26.8. The molecule has 3 heterocycles. The molecule has 0 spiro atoms. The smallest absolute Gasteiger partial charge is 0.246 e. The van der Waals surface area contributed by atoms with Gasteiger partial charge in [0.2, 0.25) is 21.8 Å². The Labute approximate surface area is 187 Å². The number of sulfonamides is 1. The van der Waals surface area contributed by atoms with Crippen LogP contribution in [0.2, 0.25) is 0 Å². The fourth-order valence-electron chi connectivity index (χ4n) is 4.14. The van der Waals surface area contributed by atoms with Crippen LogP contribution in [-0.2, 0) is 26.2 Å². The summed E-state index contributed by atoms with van der Waals surface area (Å²) in [5.74, 6) is -0.0884. The van der Waals surface area contributed by atoms with Gasteiger partial charge in [0.05, 0.1) is 25.8 Å². The van der Waals surface area contributed by atoms with Crippen LogP contribution in [0.4, 0.5) is 5.69 Å². The number of ether oxygens (including phenoxy) is 1. The Kier molecular flexibility index (Phi) is 6.52. The van der Waals surface area contributed by atoms with Crippen molar-refractivity contribution in [1.82, 2.24) is 9.21 Å². The number of hydrogen-bond acceptors (Lipinski definition) is 6. The van der Waals surface area contributed by atoms with Crippen molar-refractivity contribution in [3.05, 3.63) is 42.4 Å². The molecule has 0 radical (unpaired) electrons. The highest BCUT2D eigenvalue weighted by Crippen LogP contribution is 2.31. The predicted octanol–water partition coefficient (Wildman–Crippen LogP) is 2.45. The van der Waals surface area contributed by atoms with Crippen LogP contribution in [0.5, 0.6) is 5.75 Å². The van der Waals surface area contributed by atoms with Crippen LogP contribution < -0.4 is 10.1 Å². The number of anilines is 1. The first kappa shape index (κ1) is 22.3. The molecule has 1 unspecified atom stereocenters. The molecular weight excluding hydrogens is 434 g/mol. The van der Waals surface area contributed by atoms with Crippen LogP contribution >= 0.6 is 0 Å². The molecule has 2 saturated heterocycles. The van der Waals surface area contributed by atoms with E-state index in [9.17, 15) is 18.0 Å². The van der Waals surface area contributed by atoms with E-state index in [1.54, 1.807) is 29.4 Å². The number of amides is 2. The maximum absolute atomic E-state index is 13.2. The Bertz CT molecular complexity index is 1080. The average Bonchev–Trinajstić information content (AvgIpc) is 3.44. The van der Waals surface area contributed by atoms with Gasteiger partial charge in [0.25, 0.3) is 0 Å².